The lowest BCUT2D eigenvalue weighted by Crippen LogP contribution is -2.13. The van der Waals surface area contributed by atoms with E-state index in [1.807, 2.05) is 60.1 Å². The van der Waals surface area contributed by atoms with E-state index in [1.165, 1.54) is 6.33 Å². The maximum atomic E-state index is 12.3. The van der Waals surface area contributed by atoms with Crippen molar-refractivity contribution in [3.05, 3.63) is 73.1 Å². The van der Waals surface area contributed by atoms with Crippen LogP contribution in [0.15, 0.2) is 67.4 Å². The van der Waals surface area contributed by atoms with Gasteiger partial charge in [-0.1, -0.05) is 18.2 Å². The molecule has 2 heterocycles. The summed E-state index contributed by atoms with van der Waals surface area (Å²) in [5, 5.41) is 3.69. The Balaban J connectivity index is 1.47. The van der Waals surface area contributed by atoms with Crippen molar-refractivity contribution >= 4 is 22.5 Å². The van der Waals surface area contributed by atoms with Crippen molar-refractivity contribution in [1.29, 1.82) is 0 Å². The maximum Gasteiger partial charge on any atom is 0.230 e. The average molecular weight is 373 g/mol. The second-order valence-electron chi connectivity index (χ2n) is 6.37. The number of carbonyl (C=O) groups excluding carboxylic acids is 1. The van der Waals surface area contributed by atoms with Gasteiger partial charge in [0, 0.05) is 31.0 Å². The lowest BCUT2D eigenvalue weighted by Gasteiger charge is -2.09. The Morgan fingerprint density at radius 1 is 1.14 bits per heavy atom. The van der Waals surface area contributed by atoms with Gasteiger partial charge in [0.2, 0.25) is 11.8 Å². The zero-order valence-electron chi connectivity index (χ0n) is 15.4. The van der Waals surface area contributed by atoms with Crippen molar-refractivity contribution in [2.45, 2.75) is 12.8 Å². The molecule has 1 N–H and O–H groups in total. The Morgan fingerprint density at radius 3 is 2.79 bits per heavy atom. The number of aromatic nitrogens is 4. The summed E-state index contributed by atoms with van der Waals surface area (Å²) >= 11 is 0. The SMILES string of the molecule is Cn1cncc1CCC(=O)Nc1ccc2c(Oc3ccccc3)ncnc2c1. The highest BCUT2D eigenvalue weighted by Crippen LogP contribution is 2.28. The molecule has 0 bridgehead atoms. The third-order valence-corrected chi connectivity index (χ3v) is 4.37. The van der Waals surface area contributed by atoms with Crippen LogP contribution in [-0.2, 0) is 18.3 Å². The van der Waals surface area contributed by atoms with Gasteiger partial charge in [-0.2, -0.15) is 0 Å². The van der Waals surface area contributed by atoms with Gasteiger partial charge in [-0.25, -0.2) is 15.0 Å². The van der Waals surface area contributed by atoms with E-state index in [0.717, 1.165) is 11.1 Å². The van der Waals surface area contributed by atoms with Gasteiger partial charge in [0.15, 0.2) is 0 Å². The standard InChI is InChI=1S/C21H19N5O2/c1-26-14-22-12-16(26)8-10-20(27)25-15-7-9-18-19(11-15)23-13-24-21(18)28-17-5-3-2-4-6-17/h2-7,9,11-14H,8,10H2,1H3,(H,25,27). The zero-order valence-corrected chi connectivity index (χ0v) is 15.4. The predicted octanol–water partition coefficient (Wildman–Crippen LogP) is 3.73. The number of nitrogens with one attached hydrogen (secondary N) is 1. The quantitative estimate of drug-likeness (QED) is 0.557. The summed E-state index contributed by atoms with van der Waals surface area (Å²) in [7, 11) is 1.92. The summed E-state index contributed by atoms with van der Waals surface area (Å²) in [5.74, 6) is 1.12. The lowest BCUT2D eigenvalue weighted by molar-refractivity contribution is -0.116. The fourth-order valence-electron chi connectivity index (χ4n) is 2.88. The highest BCUT2D eigenvalue weighted by Gasteiger charge is 2.09. The molecule has 0 saturated carbocycles. The first-order chi connectivity index (χ1) is 13.7. The molecule has 1 amide bonds. The normalized spacial score (nSPS) is 10.8. The van der Waals surface area contributed by atoms with Crippen molar-refractivity contribution in [3.8, 4) is 11.6 Å². The first kappa shape index (κ1) is 17.7. The van der Waals surface area contributed by atoms with E-state index in [-0.39, 0.29) is 5.91 Å². The zero-order chi connectivity index (χ0) is 19.3. The number of anilines is 1. The van der Waals surface area contributed by atoms with E-state index in [1.54, 1.807) is 12.5 Å². The molecule has 140 valence electrons. The molecular formula is C21H19N5O2. The molecule has 0 spiro atoms. The number of para-hydroxylation sites is 1. The summed E-state index contributed by atoms with van der Waals surface area (Å²) in [5.41, 5.74) is 2.40. The third-order valence-electron chi connectivity index (χ3n) is 4.37. The smallest absolute Gasteiger partial charge is 0.230 e. The molecule has 4 rings (SSSR count). The molecule has 0 fully saturated rings. The first-order valence-corrected chi connectivity index (χ1v) is 8.92. The van der Waals surface area contributed by atoms with Crippen molar-refractivity contribution < 1.29 is 9.53 Å². The number of imidazole rings is 1. The molecular weight excluding hydrogens is 354 g/mol. The number of hydrogen-bond donors (Lipinski definition) is 1. The molecule has 0 saturated heterocycles. The third kappa shape index (κ3) is 3.98. The highest BCUT2D eigenvalue weighted by atomic mass is 16.5. The molecule has 7 nitrogen and oxygen atoms in total. The number of rotatable bonds is 6. The second-order valence-corrected chi connectivity index (χ2v) is 6.37. The van der Waals surface area contributed by atoms with Gasteiger partial charge in [0.1, 0.15) is 12.1 Å². The number of carbonyl (C=O) groups is 1. The largest absolute Gasteiger partial charge is 0.438 e. The summed E-state index contributed by atoms with van der Waals surface area (Å²) < 4.78 is 7.77. The van der Waals surface area contributed by atoms with Gasteiger partial charge in [-0.15, -0.1) is 0 Å². The fourth-order valence-corrected chi connectivity index (χ4v) is 2.88. The minimum Gasteiger partial charge on any atom is -0.438 e. The van der Waals surface area contributed by atoms with E-state index >= 15 is 0 Å². The van der Waals surface area contributed by atoms with Gasteiger partial charge < -0.3 is 14.6 Å². The molecule has 28 heavy (non-hydrogen) atoms. The van der Waals surface area contributed by atoms with Crippen LogP contribution in [0.5, 0.6) is 11.6 Å². The number of benzene rings is 2. The number of amides is 1. The van der Waals surface area contributed by atoms with Crippen molar-refractivity contribution in [2.24, 2.45) is 7.05 Å². The minimum absolute atomic E-state index is 0.0598. The molecule has 0 unspecified atom stereocenters. The van der Waals surface area contributed by atoms with Gasteiger partial charge in [-0.05, 0) is 36.8 Å². The van der Waals surface area contributed by atoms with Crippen molar-refractivity contribution in [2.75, 3.05) is 5.32 Å². The molecule has 2 aromatic carbocycles. The van der Waals surface area contributed by atoms with Gasteiger partial charge in [0.05, 0.1) is 17.2 Å². The molecule has 0 aliphatic heterocycles. The van der Waals surface area contributed by atoms with Crippen LogP contribution < -0.4 is 10.1 Å². The van der Waals surface area contributed by atoms with Crippen molar-refractivity contribution in [1.82, 2.24) is 19.5 Å². The number of hydrogen-bond acceptors (Lipinski definition) is 5. The molecule has 7 heteroatoms. The monoisotopic (exact) mass is 373 g/mol. The van der Waals surface area contributed by atoms with E-state index in [4.69, 9.17) is 4.74 Å². The van der Waals surface area contributed by atoms with Crippen LogP contribution in [0, 0.1) is 0 Å². The van der Waals surface area contributed by atoms with Crippen LogP contribution in [0.2, 0.25) is 0 Å². The van der Waals surface area contributed by atoms with Crippen LogP contribution >= 0.6 is 0 Å². The first-order valence-electron chi connectivity index (χ1n) is 8.92. The van der Waals surface area contributed by atoms with E-state index in [2.05, 4.69) is 20.3 Å². The Bertz CT molecular complexity index is 1110. The van der Waals surface area contributed by atoms with E-state index in [0.29, 0.717) is 35.7 Å². The van der Waals surface area contributed by atoms with Crippen LogP contribution in [0.25, 0.3) is 10.9 Å². The summed E-state index contributed by atoms with van der Waals surface area (Å²) in [6.45, 7) is 0. The molecule has 2 aromatic heterocycles. The molecule has 4 aromatic rings. The second kappa shape index (κ2) is 7.87. The minimum atomic E-state index is -0.0598. The number of ether oxygens (including phenoxy) is 1. The Kier molecular flexibility index (Phi) is 4.97. The molecule has 0 aliphatic rings. The average Bonchev–Trinajstić information content (AvgIpc) is 3.12. The van der Waals surface area contributed by atoms with Gasteiger partial charge in [0.25, 0.3) is 0 Å². The van der Waals surface area contributed by atoms with Crippen molar-refractivity contribution in [3.63, 3.8) is 0 Å². The van der Waals surface area contributed by atoms with Crippen LogP contribution in [0.3, 0.4) is 0 Å². The number of nitrogens with zero attached hydrogens (tertiary/aromatic N) is 4. The summed E-state index contributed by atoms with van der Waals surface area (Å²) in [4.78, 5) is 24.9. The van der Waals surface area contributed by atoms with Gasteiger partial charge in [-0.3, -0.25) is 4.79 Å². The van der Waals surface area contributed by atoms with Crippen LogP contribution in [0.4, 0.5) is 5.69 Å². The Hall–Kier alpha value is -3.74. The summed E-state index contributed by atoms with van der Waals surface area (Å²) in [6, 6.07) is 15.0. The molecule has 0 radical (unpaired) electrons. The van der Waals surface area contributed by atoms with Crippen LogP contribution in [0.1, 0.15) is 12.1 Å². The maximum absolute atomic E-state index is 12.3. The number of fused-ring (bicyclic) bond motifs is 1. The molecule has 0 atom stereocenters. The van der Waals surface area contributed by atoms with E-state index < -0.39 is 0 Å². The Morgan fingerprint density at radius 2 is 2.00 bits per heavy atom. The lowest BCUT2D eigenvalue weighted by atomic mass is 10.2. The number of aryl methyl sites for hydroxylation is 2. The fraction of sp³-hybridized carbons (Fsp3) is 0.143. The van der Waals surface area contributed by atoms with Crippen LogP contribution in [-0.4, -0.2) is 25.4 Å². The molecule has 0 aliphatic carbocycles. The predicted molar refractivity (Wildman–Crippen MR) is 106 cm³/mol. The summed E-state index contributed by atoms with van der Waals surface area (Å²) in [6.07, 6.45) is 5.96. The van der Waals surface area contributed by atoms with E-state index in [9.17, 15) is 4.79 Å². The van der Waals surface area contributed by atoms with Gasteiger partial charge >= 0.3 is 0 Å². The highest BCUT2D eigenvalue weighted by molar-refractivity contribution is 5.94. The Labute approximate surface area is 162 Å². The topological polar surface area (TPSA) is 81.9 Å².